The SMILES string of the molecule is Clc1csc(-c2ccc[nH]2)n1. The fraction of sp³-hybridized carbons (Fsp3) is 0. The summed E-state index contributed by atoms with van der Waals surface area (Å²) in [4.78, 5) is 7.16. The van der Waals surface area contributed by atoms with Crippen LogP contribution < -0.4 is 0 Å². The Morgan fingerprint density at radius 1 is 1.55 bits per heavy atom. The number of rotatable bonds is 1. The molecule has 56 valence electrons. The Hall–Kier alpha value is -0.800. The Balaban J connectivity index is 2.45. The van der Waals surface area contributed by atoms with Crippen molar-refractivity contribution in [3.63, 3.8) is 0 Å². The van der Waals surface area contributed by atoms with E-state index in [1.807, 2.05) is 23.7 Å². The van der Waals surface area contributed by atoms with Crippen LogP contribution in [0.5, 0.6) is 0 Å². The molecule has 0 aliphatic heterocycles. The number of nitrogens with one attached hydrogen (secondary N) is 1. The Morgan fingerprint density at radius 3 is 3.00 bits per heavy atom. The van der Waals surface area contributed by atoms with Gasteiger partial charge in [-0.15, -0.1) is 11.3 Å². The molecule has 2 aromatic heterocycles. The van der Waals surface area contributed by atoms with Crippen molar-refractivity contribution in [3.8, 4) is 10.7 Å². The van der Waals surface area contributed by atoms with Crippen LogP contribution in [0, 0.1) is 0 Å². The molecule has 2 heterocycles. The molecule has 0 radical (unpaired) electrons. The molecule has 2 nitrogen and oxygen atoms in total. The molecule has 0 bridgehead atoms. The van der Waals surface area contributed by atoms with Crippen molar-refractivity contribution in [2.75, 3.05) is 0 Å². The number of halogens is 1. The number of aromatic nitrogens is 2. The van der Waals surface area contributed by atoms with Crippen LogP contribution in [0.15, 0.2) is 23.7 Å². The summed E-state index contributed by atoms with van der Waals surface area (Å²) in [7, 11) is 0. The quantitative estimate of drug-likeness (QED) is 0.726. The van der Waals surface area contributed by atoms with Crippen molar-refractivity contribution in [3.05, 3.63) is 28.9 Å². The second kappa shape index (κ2) is 2.68. The predicted octanol–water partition coefficient (Wildman–Crippen LogP) is 2.79. The maximum Gasteiger partial charge on any atom is 0.141 e. The summed E-state index contributed by atoms with van der Waals surface area (Å²) < 4.78 is 0. The molecule has 11 heavy (non-hydrogen) atoms. The number of H-pyrrole nitrogens is 1. The number of hydrogen-bond acceptors (Lipinski definition) is 2. The molecule has 2 rings (SSSR count). The van der Waals surface area contributed by atoms with Gasteiger partial charge in [-0.2, -0.15) is 0 Å². The smallest absolute Gasteiger partial charge is 0.141 e. The van der Waals surface area contributed by atoms with Crippen molar-refractivity contribution in [2.45, 2.75) is 0 Å². The molecule has 0 aliphatic carbocycles. The molecule has 4 heteroatoms. The molecule has 0 saturated carbocycles. The summed E-state index contributed by atoms with van der Waals surface area (Å²) in [5.41, 5.74) is 1.02. The van der Waals surface area contributed by atoms with Crippen LogP contribution in [0.3, 0.4) is 0 Å². The molecule has 0 fully saturated rings. The van der Waals surface area contributed by atoms with E-state index < -0.39 is 0 Å². The number of nitrogens with zero attached hydrogens (tertiary/aromatic N) is 1. The van der Waals surface area contributed by atoms with E-state index in [1.54, 1.807) is 0 Å². The molecule has 0 spiro atoms. The van der Waals surface area contributed by atoms with Gasteiger partial charge in [0.15, 0.2) is 0 Å². The lowest BCUT2D eigenvalue weighted by Crippen LogP contribution is -1.72. The number of thiazole rings is 1. The number of hydrogen-bond donors (Lipinski definition) is 1. The van der Waals surface area contributed by atoms with Crippen molar-refractivity contribution in [1.82, 2.24) is 9.97 Å². The maximum absolute atomic E-state index is 5.66. The van der Waals surface area contributed by atoms with Gasteiger partial charge in [0.05, 0.1) is 5.69 Å². The standard InChI is InChI=1S/C7H5ClN2S/c8-6-4-11-7(10-6)5-2-1-3-9-5/h1-4,9H. The maximum atomic E-state index is 5.66. The Morgan fingerprint density at radius 2 is 2.45 bits per heavy atom. The highest BCUT2D eigenvalue weighted by Crippen LogP contribution is 2.23. The third kappa shape index (κ3) is 1.29. The van der Waals surface area contributed by atoms with Gasteiger partial charge in [-0.05, 0) is 12.1 Å². The zero-order valence-corrected chi connectivity index (χ0v) is 7.12. The number of aromatic amines is 1. The Kier molecular flexibility index (Phi) is 1.68. The summed E-state index contributed by atoms with van der Waals surface area (Å²) in [5.74, 6) is 0. The molecule has 0 unspecified atom stereocenters. The van der Waals surface area contributed by atoms with Crippen molar-refractivity contribution in [2.24, 2.45) is 0 Å². The molecule has 1 N–H and O–H groups in total. The third-order valence-electron chi connectivity index (χ3n) is 1.30. The van der Waals surface area contributed by atoms with Crippen LogP contribution in [0.25, 0.3) is 10.7 Å². The zero-order chi connectivity index (χ0) is 7.68. The third-order valence-corrected chi connectivity index (χ3v) is 2.50. The topological polar surface area (TPSA) is 28.7 Å². The lowest BCUT2D eigenvalue weighted by Gasteiger charge is -1.85. The van der Waals surface area contributed by atoms with E-state index in [0.29, 0.717) is 5.15 Å². The average molecular weight is 185 g/mol. The van der Waals surface area contributed by atoms with E-state index in [0.717, 1.165) is 10.7 Å². The van der Waals surface area contributed by atoms with Gasteiger partial charge < -0.3 is 4.98 Å². The van der Waals surface area contributed by atoms with E-state index in [-0.39, 0.29) is 0 Å². The van der Waals surface area contributed by atoms with Crippen LogP contribution in [-0.4, -0.2) is 9.97 Å². The summed E-state index contributed by atoms with van der Waals surface area (Å²) in [6.07, 6.45) is 1.87. The van der Waals surface area contributed by atoms with Crippen molar-refractivity contribution in [1.29, 1.82) is 0 Å². The van der Waals surface area contributed by atoms with Crippen LogP contribution in [-0.2, 0) is 0 Å². The molecular weight excluding hydrogens is 180 g/mol. The van der Waals surface area contributed by atoms with E-state index in [2.05, 4.69) is 9.97 Å². The van der Waals surface area contributed by atoms with E-state index in [1.165, 1.54) is 11.3 Å². The first-order valence-corrected chi connectivity index (χ1v) is 4.37. The first-order chi connectivity index (χ1) is 5.36. The van der Waals surface area contributed by atoms with Gasteiger partial charge in [-0.1, -0.05) is 11.6 Å². The molecule has 2 aromatic rings. The molecule has 0 atom stereocenters. The lowest BCUT2D eigenvalue weighted by atomic mass is 10.5. The monoisotopic (exact) mass is 184 g/mol. The fourth-order valence-electron chi connectivity index (χ4n) is 0.841. The molecule has 0 amide bonds. The van der Waals surface area contributed by atoms with Crippen molar-refractivity contribution >= 4 is 22.9 Å². The fourth-order valence-corrected chi connectivity index (χ4v) is 1.78. The summed E-state index contributed by atoms with van der Waals surface area (Å²) in [6.45, 7) is 0. The first kappa shape index (κ1) is 6.88. The molecular formula is C7H5ClN2S. The van der Waals surface area contributed by atoms with Gasteiger partial charge in [0.1, 0.15) is 10.2 Å². The van der Waals surface area contributed by atoms with Gasteiger partial charge in [0, 0.05) is 11.6 Å². The van der Waals surface area contributed by atoms with Crippen molar-refractivity contribution < 1.29 is 0 Å². The van der Waals surface area contributed by atoms with Crippen LogP contribution in [0.1, 0.15) is 0 Å². The summed E-state index contributed by atoms with van der Waals surface area (Å²) >= 11 is 7.20. The minimum absolute atomic E-state index is 0.555. The highest BCUT2D eigenvalue weighted by atomic mass is 35.5. The first-order valence-electron chi connectivity index (χ1n) is 3.11. The second-order valence-electron chi connectivity index (χ2n) is 2.06. The Bertz CT molecular complexity index is 339. The van der Waals surface area contributed by atoms with Gasteiger partial charge in [-0.25, -0.2) is 4.98 Å². The normalized spacial score (nSPS) is 10.3. The van der Waals surface area contributed by atoms with Gasteiger partial charge >= 0.3 is 0 Å². The van der Waals surface area contributed by atoms with Crippen LogP contribution >= 0.6 is 22.9 Å². The van der Waals surface area contributed by atoms with Crippen LogP contribution in [0.4, 0.5) is 0 Å². The lowest BCUT2D eigenvalue weighted by molar-refractivity contribution is 1.34. The molecule has 0 saturated heterocycles. The van der Waals surface area contributed by atoms with E-state index in [9.17, 15) is 0 Å². The zero-order valence-electron chi connectivity index (χ0n) is 5.54. The van der Waals surface area contributed by atoms with Gasteiger partial charge in [0.25, 0.3) is 0 Å². The largest absolute Gasteiger partial charge is 0.359 e. The highest BCUT2D eigenvalue weighted by Gasteiger charge is 2.01. The average Bonchev–Trinajstić information content (AvgIpc) is 2.55. The molecule has 0 aromatic carbocycles. The van der Waals surface area contributed by atoms with Gasteiger partial charge in [0.2, 0.25) is 0 Å². The Labute approximate surface area is 72.9 Å². The predicted molar refractivity (Wildman–Crippen MR) is 46.9 cm³/mol. The van der Waals surface area contributed by atoms with E-state index >= 15 is 0 Å². The second-order valence-corrected chi connectivity index (χ2v) is 3.30. The summed E-state index contributed by atoms with van der Waals surface area (Å²) in [5, 5.41) is 3.30. The van der Waals surface area contributed by atoms with Crippen LogP contribution in [0.2, 0.25) is 5.15 Å². The van der Waals surface area contributed by atoms with E-state index in [4.69, 9.17) is 11.6 Å². The molecule has 0 aliphatic rings. The minimum Gasteiger partial charge on any atom is -0.359 e. The minimum atomic E-state index is 0.555. The highest BCUT2D eigenvalue weighted by molar-refractivity contribution is 7.13. The van der Waals surface area contributed by atoms with Gasteiger partial charge in [-0.3, -0.25) is 0 Å². The summed E-state index contributed by atoms with van der Waals surface area (Å²) in [6, 6.07) is 3.90.